The van der Waals surface area contributed by atoms with Crippen molar-refractivity contribution in [2.24, 2.45) is 0 Å². The van der Waals surface area contributed by atoms with Crippen LogP contribution in [0.15, 0.2) is 84.9 Å². The number of ether oxygens (including phenoxy) is 2. The summed E-state index contributed by atoms with van der Waals surface area (Å²) in [5, 5.41) is 16.2. The first-order valence-electron chi connectivity index (χ1n) is 12.2. The lowest BCUT2D eigenvalue weighted by atomic mass is 10.0. The van der Waals surface area contributed by atoms with E-state index in [2.05, 4.69) is 10.6 Å². The summed E-state index contributed by atoms with van der Waals surface area (Å²) >= 11 is 0. The number of esters is 2. The summed E-state index contributed by atoms with van der Waals surface area (Å²) in [5.41, 5.74) is 2.18. The van der Waals surface area contributed by atoms with Crippen LogP contribution in [0.1, 0.15) is 30.5 Å². The Labute approximate surface area is 226 Å². The number of hydrogen-bond acceptors (Lipinski definition) is 7. The first-order valence-corrected chi connectivity index (χ1v) is 12.2. The molecule has 0 aromatic heterocycles. The topological polar surface area (TPSA) is 131 Å². The maximum absolute atomic E-state index is 12.8. The van der Waals surface area contributed by atoms with Gasteiger partial charge in [-0.3, -0.25) is 19.2 Å². The highest BCUT2D eigenvalue weighted by Crippen LogP contribution is 2.29. The summed E-state index contributed by atoms with van der Waals surface area (Å²) in [6.45, 7) is 2.66. The largest absolute Gasteiger partial charge is 0.423 e. The van der Waals surface area contributed by atoms with Crippen molar-refractivity contribution in [3.05, 3.63) is 102 Å². The lowest BCUT2D eigenvalue weighted by molar-refractivity contribution is -0.134. The SMILES string of the molecule is CC(=O)Oc1ccc(/C=C/C(=O)N[C@@H](Cc2ccccc2)C(O)C(=O)NCc2ccccc2)cc1OC(C)=O. The first kappa shape index (κ1) is 28.8. The highest BCUT2D eigenvalue weighted by molar-refractivity contribution is 5.93. The number of benzene rings is 3. The van der Waals surface area contributed by atoms with Crippen molar-refractivity contribution in [2.75, 3.05) is 0 Å². The van der Waals surface area contributed by atoms with E-state index in [9.17, 15) is 24.3 Å². The molecule has 2 amide bonds. The Hall–Kier alpha value is -4.76. The molecule has 3 N–H and O–H groups in total. The van der Waals surface area contributed by atoms with E-state index in [4.69, 9.17) is 9.47 Å². The molecule has 3 aromatic carbocycles. The van der Waals surface area contributed by atoms with E-state index in [1.165, 1.54) is 38.1 Å². The maximum atomic E-state index is 12.8. The molecule has 0 saturated heterocycles. The fraction of sp³-hybridized carbons (Fsp3) is 0.200. The Morgan fingerprint density at radius 1 is 0.821 bits per heavy atom. The van der Waals surface area contributed by atoms with Crippen LogP contribution in [-0.2, 0) is 32.1 Å². The minimum atomic E-state index is -1.51. The monoisotopic (exact) mass is 530 g/mol. The van der Waals surface area contributed by atoms with Gasteiger partial charge < -0.3 is 25.2 Å². The summed E-state index contributed by atoms with van der Waals surface area (Å²) in [6, 6.07) is 22.0. The van der Waals surface area contributed by atoms with Crippen molar-refractivity contribution in [1.29, 1.82) is 0 Å². The molecule has 0 saturated carbocycles. The van der Waals surface area contributed by atoms with Crippen molar-refractivity contribution in [1.82, 2.24) is 10.6 Å². The number of carbonyl (C=O) groups excluding carboxylic acids is 4. The van der Waals surface area contributed by atoms with E-state index in [0.717, 1.165) is 11.1 Å². The van der Waals surface area contributed by atoms with Gasteiger partial charge in [-0.2, -0.15) is 0 Å². The standard InChI is InChI=1S/C30H30N2O7/c1-20(33)38-26-15-13-23(18-27(26)39-21(2)34)14-16-28(35)32-25(17-22-9-5-3-6-10-22)29(36)30(37)31-19-24-11-7-4-8-12-24/h3-16,18,25,29,36H,17,19H2,1-2H3,(H,31,37)(H,32,35)/b16-14+/t25-,29?/m0/s1. The van der Waals surface area contributed by atoms with Gasteiger partial charge in [-0.25, -0.2) is 0 Å². The molecule has 9 nitrogen and oxygen atoms in total. The van der Waals surface area contributed by atoms with Gasteiger partial charge in [0.1, 0.15) is 0 Å². The predicted molar refractivity (Wildman–Crippen MR) is 144 cm³/mol. The molecule has 0 aliphatic rings. The molecular formula is C30H30N2O7. The Balaban J connectivity index is 1.72. The number of nitrogens with one attached hydrogen (secondary N) is 2. The molecule has 0 radical (unpaired) electrons. The summed E-state index contributed by atoms with van der Waals surface area (Å²) in [4.78, 5) is 48.3. The fourth-order valence-electron chi connectivity index (χ4n) is 3.69. The second-order valence-electron chi connectivity index (χ2n) is 8.68. The van der Waals surface area contributed by atoms with Gasteiger partial charge in [0, 0.05) is 26.5 Å². The van der Waals surface area contributed by atoms with Gasteiger partial charge in [0.15, 0.2) is 17.6 Å². The lowest BCUT2D eigenvalue weighted by Crippen LogP contribution is -2.51. The molecule has 9 heteroatoms. The number of hydrogen-bond donors (Lipinski definition) is 3. The van der Waals surface area contributed by atoms with Gasteiger partial charge in [-0.15, -0.1) is 0 Å². The number of rotatable bonds is 11. The Kier molecular flexibility index (Phi) is 10.5. The second kappa shape index (κ2) is 14.3. The van der Waals surface area contributed by atoms with Crippen LogP contribution in [0.4, 0.5) is 0 Å². The summed E-state index contributed by atoms with van der Waals surface area (Å²) in [7, 11) is 0. The van der Waals surface area contributed by atoms with Crippen LogP contribution < -0.4 is 20.1 Å². The average Bonchev–Trinajstić information content (AvgIpc) is 2.91. The molecule has 0 spiro atoms. The zero-order chi connectivity index (χ0) is 28.2. The molecule has 0 bridgehead atoms. The van der Waals surface area contributed by atoms with Gasteiger partial charge in [-0.1, -0.05) is 66.7 Å². The van der Waals surface area contributed by atoms with E-state index < -0.39 is 35.9 Å². The number of aliphatic hydroxyl groups excluding tert-OH is 1. The molecule has 0 fully saturated rings. The van der Waals surface area contributed by atoms with Gasteiger partial charge in [-0.05, 0) is 41.3 Å². The van der Waals surface area contributed by atoms with Crippen LogP contribution in [-0.4, -0.2) is 41.0 Å². The Morgan fingerprint density at radius 3 is 2.03 bits per heavy atom. The van der Waals surface area contributed by atoms with E-state index in [1.807, 2.05) is 60.7 Å². The maximum Gasteiger partial charge on any atom is 0.308 e. The number of amides is 2. The zero-order valence-electron chi connectivity index (χ0n) is 21.6. The number of carbonyl (C=O) groups is 4. The smallest absolute Gasteiger partial charge is 0.308 e. The highest BCUT2D eigenvalue weighted by Gasteiger charge is 2.27. The van der Waals surface area contributed by atoms with Gasteiger partial charge in [0.25, 0.3) is 5.91 Å². The molecule has 3 aromatic rings. The molecule has 0 aliphatic carbocycles. The zero-order valence-corrected chi connectivity index (χ0v) is 21.6. The van der Waals surface area contributed by atoms with Crippen molar-refractivity contribution < 1.29 is 33.8 Å². The van der Waals surface area contributed by atoms with Gasteiger partial charge >= 0.3 is 11.9 Å². The van der Waals surface area contributed by atoms with E-state index in [1.54, 1.807) is 6.07 Å². The van der Waals surface area contributed by atoms with Crippen molar-refractivity contribution in [3.8, 4) is 11.5 Å². The molecule has 0 aliphatic heterocycles. The van der Waals surface area contributed by atoms with Crippen LogP contribution in [0, 0.1) is 0 Å². The summed E-state index contributed by atoms with van der Waals surface area (Å²) < 4.78 is 10.2. The molecule has 0 heterocycles. The Morgan fingerprint density at radius 2 is 1.41 bits per heavy atom. The lowest BCUT2D eigenvalue weighted by Gasteiger charge is -2.23. The highest BCUT2D eigenvalue weighted by atomic mass is 16.6. The van der Waals surface area contributed by atoms with Crippen LogP contribution >= 0.6 is 0 Å². The molecule has 39 heavy (non-hydrogen) atoms. The minimum Gasteiger partial charge on any atom is -0.423 e. The minimum absolute atomic E-state index is 0.0210. The van der Waals surface area contributed by atoms with Crippen molar-refractivity contribution in [2.45, 2.75) is 39.0 Å². The van der Waals surface area contributed by atoms with Crippen LogP contribution in [0.3, 0.4) is 0 Å². The van der Waals surface area contributed by atoms with E-state index in [-0.39, 0.29) is 24.5 Å². The third kappa shape index (κ3) is 9.56. The summed E-state index contributed by atoms with van der Waals surface area (Å²) in [6.07, 6.45) is 1.39. The predicted octanol–water partition coefficient (Wildman–Crippen LogP) is 2.96. The number of aliphatic hydroxyl groups is 1. The van der Waals surface area contributed by atoms with E-state index >= 15 is 0 Å². The third-order valence-electron chi connectivity index (χ3n) is 5.49. The fourth-order valence-corrected chi connectivity index (χ4v) is 3.69. The van der Waals surface area contributed by atoms with Gasteiger partial charge in [0.05, 0.1) is 6.04 Å². The molecule has 2 atom stereocenters. The van der Waals surface area contributed by atoms with Gasteiger partial charge in [0.2, 0.25) is 5.91 Å². The Bertz CT molecular complexity index is 1320. The third-order valence-corrected chi connectivity index (χ3v) is 5.49. The second-order valence-corrected chi connectivity index (χ2v) is 8.68. The molecule has 202 valence electrons. The van der Waals surface area contributed by atoms with Crippen LogP contribution in [0.25, 0.3) is 6.08 Å². The first-order chi connectivity index (χ1) is 18.7. The molecule has 1 unspecified atom stereocenters. The molecule has 3 rings (SSSR count). The van der Waals surface area contributed by atoms with Crippen molar-refractivity contribution in [3.63, 3.8) is 0 Å². The quantitative estimate of drug-likeness (QED) is 0.197. The van der Waals surface area contributed by atoms with Crippen LogP contribution in [0.5, 0.6) is 11.5 Å². The van der Waals surface area contributed by atoms with Crippen molar-refractivity contribution >= 4 is 29.8 Å². The normalized spacial score (nSPS) is 12.3. The molecular weight excluding hydrogens is 500 g/mol. The van der Waals surface area contributed by atoms with E-state index in [0.29, 0.717) is 5.56 Å². The average molecular weight is 531 g/mol. The summed E-state index contributed by atoms with van der Waals surface area (Å²) in [5.74, 6) is -2.27. The van der Waals surface area contributed by atoms with Crippen LogP contribution in [0.2, 0.25) is 0 Å².